The molecule has 0 radical (unpaired) electrons. The van der Waals surface area contributed by atoms with E-state index in [1.54, 1.807) is 13.8 Å². The zero-order chi connectivity index (χ0) is 6.78. The van der Waals surface area contributed by atoms with Crippen molar-refractivity contribution in [1.82, 2.24) is 0 Å². The van der Waals surface area contributed by atoms with Gasteiger partial charge in [-0.2, -0.15) is 0 Å². The Morgan fingerprint density at radius 3 is 2.00 bits per heavy atom. The first-order chi connectivity index (χ1) is 3.48. The van der Waals surface area contributed by atoms with Crippen molar-refractivity contribution < 1.29 is 5.11 Å². The molecule has 0 aliphatic carbocycles. The topological polar surface area (TPSA) is 20.2 Å². The van der Waals surface area contributed by atoms with Crippen LogP contribution in [-0.4, -0.2) is 16.6 Å². The van der Waals surface area contributed by atoms with Gasteiger partial charge < -0.3 is 5.11 Å². The second-order valence-corrected chi connectivity index (χ2v) is 3.02. The van der Waals surface area contributed by atoms with Crippen molar-refractivity contribution in [1.29, 1.82) is 0 Å². The van der Waals surface area contributed by atoms with E-state index in [1.165, 1.54) is 0 Å². The normalized spacial score (nSPS) is 16.1. The molecule has 50 valence electrons. The summed E-state index contributed by atoms with van der Waals surface area (Å²) in [6, 6.07) is 0. The van der Waals surface area contributed by atoms with E-state index in [2.05, 4.69) is 0 Å². The molecule has 1 N–H and O–H groups in total. The van der Waals surface area contributed by atoms with Gasteiger partial charge in [0.1, 0.15) is 0 Å². The Kier molecular flexibility index (Phi) is 2.78. The van der Waals surface area contributed by atoms with Crippen LogP contribution in [-0.2, 0) is 0 Å². The molecular weight excluding hydrogens is 124 g/mol. The maximum absolute atomic E-state index is 9.20. The summed E-state index contributed by atoms with van der Waals surface area (Å²) in [5.74, 6) is 0.688. The molecule has 0 amide bonds. The Labute approximate surface area is 55.7 Å². The Balaban J connectivity index is 3.62. The van der Waals surface area contributed by atoms with Gasteiger partial charge in [0.25, 0.3) is 0 Å². The number of aliphatic hydroxyl groups is 1. The predicted octanol–water partition coefficient (Wildman–Crippen LogP) is 1.63. The van der Waals surface area contributed by atoms with Crippen molar-refractivity contribution in [2.45, 2.75) is 26.4 Å². The van der Waals surface area contributed by atoms with Crippen LogP contribution in [0.3, 0.4) is 0 Å². The van der Waals surface area contributed by atoms with Gasteiger partial charge in [-0.25, -0.2) is 0 Å². The van der Waals surface area contributed by atoms with Crippen LogP contribution < -0.4 is 0 Å². The van der Waals surface area contributed by atoms with E-state index in [0.717, 1.165) is 0 Å². The van der Waals surface area contributed by atoms with E-state index < -0.39 is 5.60 Å². The van der Waals surface area contributed by atoms with E-state index in [9.17, 15) is 5.11 Å². The van der Waals surface area contributed by atoms with E-state index in [1.807, 2.05) is 6.92 Å². The molecule has 8 heavy (non-hydrogen) atoms. The average Bonchev–Trinajstić information content (AvgIpc) is 1.62. The maximum Gasteiger partial charge on any atom is 0.0628 e. The third-order valence-electron chi connectivity index (χ3n) is 1.44. The lowest BCUT2D eigenvalue weighted by Gasteiger charge is -2.23. The minimum Gasteiger partial charge on any atom is -0.390 e. The highest BCUT2D eigenvalue weighted by atomic mass is 35.5. The molecule has 0 rings (SSSR count). The Morgan fingerprint density at radius 1 is 1.62 bits per heavy atom. The van der Waals surface area contributed by atoms with Gasteiger partial charge in [-0.3, -0.25) is 0 Å². The first kappa shape index (κ1) is 8.25. The highest BCUT2D eigenvalue weighted by Gasteiger charge is 2.20. The average molecular weight is 137 g/mol. The molecule has 0 aromatic heterocycles. The second-order valence-electron chi connectivity index (χ2n) is 2.71. The molecule has 0 aromatic carbocycles. The van der Waals surface area contributed by atoms with Crippen LogP contribution in [0.5, 0.6) is 0 Å². The van der Waals surface area contributed by atoms with Gasteiger partial charge in [-0.1, -0.05) is 6.92 Å². The summed E-state index contributed by atoms with van der Waals surface area (Å²) in [5, 5.41) is 9.20. The van der Waals surface area contributed by atoms with E-state index in [0.29, 0.717) is 5.88 Å². The van der Waals surface area contributed by atoms with Crippen molar-refractivity contribution in [3.8, 4) is 0 Å². The predicted molar refractivity (Wildman–Crippen MR) is 36.2 cm³/mol. The Bertz CT molecular complexity index is 65.4. The third-order valence-corrected chi connectivity index (χ3v) is 1.90. The minimum atomic E-state index is -0.623. The smallest absolute Gasteiger partial charge is 0.0628 e. The fourth-order valence-electron chi connectivity index (χ4n) is 0.189. The lowest BCUT2D eigenvalue weighted by atomic mass is 9.95. The first-order valence-electron chi connectivity index (χ1n) is 2.77. The highest BCUT2D eigenvalue weighted by molar-refractivity contribution is 6.18. The summed E-state index contributed by atoms with van der Waals surface area (Å²) < 4.78 is 0. The molecule has 0 saturated heterocycles. The standard InChI is InChI=1S/C6H13ClO/c1-5(4-7)6(2,3)8/h5,8H,4H2,1-3H3. The molecule has 0 bridgehead atoms. The first-order valence-corrected chi connectivity index (χ1v) is 3.30. The maximum atomic E-state index is 9.20. The summed E-state index contributed by atoms with van der Waals surface area (Å²) in [7, 11) is 0. The monoisotopic (exact) mass is 136 g/mol. The molecule has 0 aromatic rings. The van der Waals surface area contributed by atoms with Crippen molar-refractivity contribution in [2.24, 2.45) is 5.92 Å². The van der Waals surface area contributed by atoms with Crippen LogP contribution in [0.15, 0.2) is 0 Å². The fourth-order valence-corrected chi connectivity index (χ4v) is 0.566. The van der Waals surface area contributed by atoms with Crippen LogP contribution in [0, 0.1) is 5.92 Å². The lowest BCUT2D eigenvalue weighted by Crippen LogP contribution is -2.29. The zero-order valence-corrected chi connectivity index (χ0v) is 6.37. The number of rotatable bonds is 2. The van der Waals surface area contributed by atoms with Gasteiger partial charge >= 0.3 is 0 Å². The molecular formula is C6H13ClO. The minimum absolute atomic E-state index is 0.171. The van der Waals surface area contributed by atoms with E-state index >= 15 is 0 Å². The Morgan fingerprint density at radius 2 is 2.00 bits per heavy atom. The summed E-state index contributed by atoms with van der Waals surface area (Å²) in [5.41, 5.74) is -0.623. The number of halogens is 1. The van der Waals surface area contributed by atoms with Crippen LogP contribution in [0.25, 0.3) is 0 Å². The van der Waals surface area contributed by atoms with Crippen molar-refractivity contribution in [2.75, 3.05) is 5.88 Å². The molecule has 1 atom stereocenters. The van der Waals surface area contributed by atoms with Gasteiger partial charge in [0.05, 0.1) is 5.60 Å². The summed E-state index contributed by atoms with van der Waals surface area (Å²) in [6.45, 7) is 5.45. The molecule has 2 heteroatoms. The Hall–Kier alpha value is 0.250. The third kappa shape index (κ3) is 2.53. The molecule has 1 unspecified atom stereocenters. The van der Waals surface area contributed by atoms with Crippen molar-refractivity contribution >= 4 is 11.6 Å². The number of alkyl halides is 1. The van der Waals surface area contributed by atoms with E-state index in [-0.39, 0.29) is 5.92 Å². The number of hydrogen-bond acceptors (Lipinski definition) is 1. The van der Waals surface area contributed by atoms with Crippen molar-refractivity contribution in [3.63, 3.8) is 0 Å². The quantitative estimate of drug-likeness (QED) is 0.573. The largest absolute Gasteiger partial charge is 0.390 e. The van der Waals surface area contributed by atoms with Crippen LogP contribution in [0.1, 0.15) is 20.8 Å². The van der Waals surface area contributed by atoms with Crippen LogP contribution in [0.2, 0.25) is 0 Å². The molecule has 0 spiro atoms. The molecule has 0 saturated carbocycles. The van der Waals surface area contributed by atoms with Gasteiger partial charge in [-0.05, 0) is 19.8 Å². The molecule has 1 nitrogen and oxygen atoms in total. The van der Waals surface area contributed by atoms with Gasteiger partial charge in [-0.15, -0.1) is 11.6 Å². The SMILES string of the molecule is CC(CCl)C(C)(C)O. The number of hydrogen-bond donors (Lipinski definition) is 1. The second kappa shape index (κ2) is 2.70. The summed E-state index contributed by atoms with van der Waals surface area (Å²) in [6.07, 6.45) is 0. The van der Waals surface area contributed by atoms with Gasteiger partial charge in [0.15, 0.2) is 0 Å². The van der Waals surface area contributed by atoms with Crippen LogP contribution >= 0.6 is 11.6 Å². The molecule has 0 heterocycles. The molecule has 0 aliphatic rings. The van der Waals surface area contributed by atoms with Gasteiger partial charge in [0, 0.05) is 5.88 Å². The highest BCUT2D eigenvalue weighted by Crippen LogP contribution is 2.15. The van der Waals surface area contributed by atoms with Gasteiger partial charge in [0.2, 0.25) is 0 Å². The zero-order valence-electron chi connectivity index (χ0n) is 5.61. The molecule has 0 aliphatic heterocycles. The van der Waals surface area contributed by atoms with Crippen LogP contribution in [0.4, 0.5) is 0 Å². The van der Waals surface area contributed by atoms with E-state index in [4.69, 9.17) is 11.6 Å². The summed E-state index contributed by atoms with van der Waals surface area (Å²) in [4.78, 5) is 0. The lowest BCUT2D eigenvalue weighted by molar-refractivity contribution is 0.0341. The molecule has 0 fully saturated rings. The van der Waals surface area contributed by atoms with Crippen molar-refractivity contribution in [3.05, 3.63) is 0 Å². The summed E-state index contributed by atoms with van der Waals surface area (Å²) >= 11 is 5.48. The fraction of sp³-hybridized carbons (Fsp3) is 1.00.